The molecule has 0 aromatic heterocycles. The van der Waals surface area contributed by atoms with Crippen molar-refractivity contribution in [1.29, 1.82) is 0 Å². The third-order valence-electron chi connectivity index (χ3n) is 7.78. The Kier molecular flexibility index (Phi) is 3.54. The minimum Gasteiger partial charge on any atom is -0.338 e. The molecule has 2 aliphatic heterocycles. The van der Waals surface area contributed by atoms with Crippen molar-refractivity contribution in [1.82, 2.24) is 4.90 Å². The summed E-state index contributed by atoms with van der Waals surface area (Å²) in [7, 11) is 0. The summed E-state index contributed by atoms with van der Waals surface area (Å²) in [5.41, 5.74) is 0.746. The summed E-state index contributed by atoms with van der Waals surface area (Å²) in [5.74, 6) is 1.62. The summed E-state index contributed by atoms with van der Waals surface area (Å²) in [6.07, 6.45) is 7.68. The van der Waals surface area contributed by atoms with Crippen LogP contribution in [-0.2, 0) is 14.5 Å². The number of carbonyl (C=O) groups is 1. The molecule has 6 fully saturated rings. The number of carbonyl (C=O) groups excluding carboxylic acids is 1. The van der Waals surface area contributed by atoms with Crippen molar-refractivity contribution in [2.45, 2.75) is 56.5 Å². The molecule has 5 nitrogen and oxygen atoms in total. The van der Waals surface area contributed by atoms with Crippen LogP contribution in [0.5, 0.6) is 0 Å². The summed E-state index contributed by atoms with van der Waals surface area (Å²) in [4.78, 5) is 26.6. The molecule has 2 heterocycles. The molecule has 4 bridgehead atoms. The van der Waals surface area contributed by atoms with E-state index in [0.29, 0.717) is 37.8 Å². The smallest absolute Gasteiger partial charge is 0.253 e. The number of piperidine rings is 1. The van der Waals surface area contributed by atoms with Crippen molar-refractivity contribution in [3.8, 4) is 0 Å². The maximum Gasteiger partial charge on any atom is 0.253 e. The Bertz CT molecular complexity index is 712. The van der Waals surface area contributed by atoms with Gasteiger partial charge in [-0.25, -0.2) is 0 Å². The molecule has 1 aromatic rings. The molecule has 4 saturated carbocycles. The highest BCUT2D eigenvalue weighted by Crippen LogP contribution is 2.63. The van der Waals surface area contributed by atoms with Crippen molar-refractivity contribution < 1.29 is 19.3 Å². The number of amides is 1. The van der Waals surface area contributed by atoms with Gasteiger partial charge in [-0.3, -0.25) is 4.79 Å². The highest BCUT2D eigenvalue weighted by Gasteiger charge is 2.66. The Hall–Kier alpha value is -1.43. The number of ether oxygens (including phenoxy) is 1. The molecular weight excluding hydrogens is 342 g/mol. The minimum absolute atomic E-state index is 0.0914. The van der Waals surface area contributed by atoms with Crippen LogP contribution in [0.2, 0.25) is 0 Å². The molecular formula is C22H27NO4. The van der Waals surface area contributed by atoms with Crippen LogP contribution in [-0.4, -0.2) is 35.5 Å². The topological polar surface area (TPSA) is 48.0 Å². The maximum atomic E-state index is 12.7. The Morgan fingerprint density at radius 1 is 0.889 bits per heavy atom. The molecule has 4 aliphatic carbocycles. The molecule has 1 aromatic carbocycles. The van der Waals surface area contributed by atoms with Gasteiger partial charge in [-0.1, -0.05) is 18.2 Å². The van der Waals surface area contributed by atoms with Gasteiger partial charge in [0, 0.05) is 43.3 Å². The van der Waals surface area contributed by atoms with Crippen molar-refractivity contribution >= 4 is 5.91 Å². The molecule has 6 aliphatic rings. The molecule has 0 unspecified atom stereocenters. The predicted molar refractivity (Wildman–Crippen MR) is 97.3 cm³/mol. The fraction of sp³-hybridized carbons (Fsp3) is 0.682. The van der Waals surface area contributed by atoms with E-state index in [0.717, 1.165) is 17.4 Å². The van der Waals surface area contributed by atoms with Gasteiger partial charge < -0.3 is 9.64 Å². The van der Waals surface area contributed by atoms with E-state index in [1.807, 2.05) is 35.2 Å². The summed E-state index contributed by atoms with van der Waals surface area (Å²) in [6.45, 7) is 1.29. The van der Waals surface area contributed by atoms with Crippen LogP contribution in [0.1, 0.15) is 55.3 Å². The third-order valence-corrected chi connectivity index (χ3v) is 7.78. The zero-order valence-corrected chi connectivity index (χ0v) is 15.6. The summed E-state index contributed by atoms with van der Waals surface area (Å²) < 4.78 is 6.71. The first-order valence-electron chi connectivity index (χ1n) is 10.6. The van der Waals surface area contributed by atoms with Gasteiger partial charge in [0.2, 0.25) is 11.6 Å². The van der Waals surface area contributed by atoms with Gasteiger partial charge in [0.15, 0.2) is 0 Å². The average molecular weight is 369 g/mol. The van der Waals surface area contributed by atoms with Gasteiger partial charge in [0.05, 0.1) is 0 Å². The first-order valence-corrected chi connectivity index (χ1v) is 10.6. The normalized spacial score (nSPS) is 41.6. The Morgan fingerprint density at radius 2 is 1.52 bits per heavy atom. The number of benzene rings is 1. The van der Waals surface area contributed by atoms with Crippen LogP contribution in [0.3, 0.4) is 0 Å². The number of rotatable bonds is 1. The molecule has 5 heteroatoms. The van der Waals surface area contributed by atoms with Crippen LogP contribution in [0, 0.1) is 23.7 Å². The number of hydrogen-bond donors (Lipinski definition) is 0. The monoisotopic (exact) mass is 369 g/mol. The Morgan fingerprint density at radius 3 is 2.15 bits per heavy atom. The van der Waals surface area contributed by atoms with Gasteiger partial charge in [0.1, 0.15) is 0 Å². The van der Waals surface area contributed by atoms with Crippen molar-refractivity contribution in [2.24, 2.45) is 23.7 Å². The van der Waals surface area contributed by atoms with E-state index < -0.39 is 11.6 Å². The number of likely N-dealkylation sites (tertiary alicyclic amines) is 1. The van der Waals surface area contributed by atoms with Crippen LogP contribution in [0.4, 0.5) is 0 Å². The molecule has 1 amide bonds. The fourth-order valence-corrected chi connectivity index (χ4v) is 6.61. The molecule has 0 atom stereocenters. The molecule has 2 saturated heterocycles. The minimum atomic E-state index is -0.664. The standard InChI is InChI=1S/C22H27NO4/c24-20(17-4-2-1-3-5-17)23-8-6-21(7-9-23)25-22(27-26-21)18-11-15-10-16(13-18)14-19(22)12-15/h1-5,15-16,18-19H,6-14H2. The number of hydrogen-bond acceptors (Lipinski definition) is 4. The van der Waals surface area contributed by atoms with Crippen LogP contribution < -0.4 is 0 Å². The maximum absolute atomic E-state index is 12.7. The number of nitrogens with zero attached hydrogens (tertiary/aromatic N) is 1. The quantitative estimate of drug-likeness (QED) is 0.708. The lowest BCUT2D eigenvalue weighted by Crippen LogP contribution is -2.59. The molecule has 0 N–H and O–H groups in total. The second-order valence-electron chi connectivity index (χ2n) is 9.36. The summed E-state index contributed by atoms with van der Waals surface area (Å²) in [6, 6.07) is 9.51. The highest BCUT2D eigenvalue weighted by atomic mass is 17.3. The largest absolute Gasteiger partial charge is 0.338 e. The summed E-state index contributed by atoms with van der Waals surface area (Å²) >= 11 is 0. The molecule has 0 radical (unpaired) electrons. The van der Waals surface area contributed by atoms with Crippen LogP contribution in [0.25, 0.3) is 0 Å². The molecule has 2 spiro atoms. The summed E-state index contributed by atoms with van der Waals surface area (Å²) in [5, 5.41) is 0. The molecule has 27 heavy (non-hydrogen) atoms. The van der Waals surface area contributed by atoms with E-state index >= 15 is 0 Å². The van der Waals surface area contributed by atoms with E-state index in [1.165, 1.54) is 32.1 Å². The second kappa shape index (κ2) is 5.79. The van der Waals surface area contributed by atoms with Gasteiger partial charge >= 0.3 is 0 Å². The van der Waals surface area contributed by atoms with Crippen LogP contribution >= 0.6 is 0 Å². The van der Waals surface area contributed by atoms with Crippen molar-refractivity contribution in [2.75, 3.05) is 13.1 Å². The van der Waals surface area contributed by atoms with E-state index in [-0.39, 0.29) is 5.91 Å². The SMILES string of the molecule is O=C(c1ccccc1)N1CCC2(CC1)OOC1(O2)C2CC3CC(C2)CC1C3. The first kappa shape index (κ1) is 16.5. The Balaban J connectivity index is 1.16. The lowest BCUT2D eigenvalue weighted by molar-refractivity contribution is -0.390. The van der Waals surface area contributed by atoms with Gasteiger partial charge in [-0.15, -0.1) is 0 Å². The average Bonchev–Trinajstić information content (AvgIpc) is 3.07. The molecule has 7 rings (SSSR count). The third kappa shape index (κ3) is 2.44. The first-order chi connectivity index (χ1) is 13.2. The lowest BCUT2D eigenvalue weighted by atomic mass is 9.53. The highest BCUT2D eigenvalue weighted by molar-refractivity contribution is 5.94. The van der Waals surface area contributed by atoms with E-state index in [2.05, 4.69) is 0 Å². The van der Waals surface area contributed by atoms with E-state index in [4.69, 9.17) is 14.5 Å². The van der Waals surface area contributed by atoms with Crippen molar-refractivity contribution in [3.05, 3.63) is 35.9 Å². The predicted octanol–water partition coefficient (Wildman–Crippen LogP) is 3.75. The van der Waals surface area contributed by atoms with E-state index in [1.54, 1.807) is 0 Å². The zero-order valence-electron chi connectivity index (χ0n) is 15.6. The molecule has 144 valence electrons. The second-order valence-corrected chi connectivity index (χ2v) is 9.36. The van der Waals surface area contributed by atoms with Gasteiger partial charge in [0.25, 0.3) is 5.91 Å². The fourth-order valence-electron chi connectivity index (χ4n) is 6.61. The van der Waals surface area contributed by atoms with E-state index in [9.17, 15) is 4.79 Å². The Labute approximate surface area is 159 Å². The lowest BCUT2D eigenvalue weighted by Gasteiger charge is -2.57. The van der Waals surface area contributed by atoms with Crippen molar-refractivity contribution in [3.63, 3.8) is 0 Å². The van der Waals surface area contributed by atoms with Gasteiger partial charge in [-0.2, -0.15) is 9.78 Å². The zero-order chi connectivity index (χ0) is 18.1. The van der Waals surface area contributed by atoms with Gasteiger partial charge in [-0.05, 0) is 56.1 Å². The van der Waals surface area contributed by atoms with Crippen LogP contribution in [0.15, 0.2) is 30.3 Å².